The predicted octanol–water partition coefficient (Wildman–Crippen LogP) is 3.16. The first-order valence-electron chi connectivity index (χ1n) is 8.15. The van der Waals surface area contributed by atoms with Crippen LogP contribution in [0.15, 0.2) is 18.2 Å². The summed E-state index contributed by atoms with van der Waals surface area (Å²) >= 11 is 5.87. The fourth-order valence-electron chi connectivity index (χ4n) is 3.54. The van der Waals surface area contributed by atoms with Crippen molar-refractivity contribution in [2.75, 3.05) is 38.2 Å². The zero-order valence-electron chi connectivity index (χ0n) is 13.0. The van der Waals surface area contributed by atoms with Gasteiger partial charge in [0.25, 0.3) is 5.69 Å². The summed E-state index contributed by atoms with van der Waals surface area (Å²) < 4.78 is 5.55. The Morgan fingerprint density at radius 3 is 2.87 bits per heavy atom. The number of ether oxygens (including phenoxy) is 1. The lowest BCUT2D eigenvalue weighted by atomic mass is 9.97. The van der Waals surface area contributed by atoms with Crippen molar-refractivity contribution in [1.29, 1.82) is 0 Å². The molecular formula is C16H22ClN3O3. The van der Waals surface area contributed by atoms with E-state index in [4.69, 9.17) is 16.3 Å². The van der Waals surface area contributed by atoms with Crippen molar-refractivity contribution in [2.45, 2.75) is 25.3 Å². The standard InChI is InChI=1S/C16H22ClN3O3/c17-13-3-4-14(15(9-13)20(21)22)18-10-16(12-5-8-23-11-12)19-6-1-2-7-19/h3-4,9,12,16,18H,1-2,5-8,10-11H2/t12-,16-/m0/s1. The molecule has 2 saturated heterocycles. The molecule has 0 radical (unpaired) electrons. The normalized spacial score (nSPS) is 23.1. The molecule has 0 aromatic heterocycles. The molecule has 0 amide bonds. The van der Waals surface area contributed by atoms with Gasteiger partial charge in [0.15, 0.2) is 0 Å². The van der Waals surface area contributed by atoms with Crippen LogP contribution in [0.4, 0.5) is 11.4 Å². The van der Waals surface area contributed by atoms with E-state index in [0.29, 0.717) is 29.2 Å². The number of hydrogen-bond donors (Lipinski definition) is 1. The van der Waals surface area contributed by atoms with Crippen molar-refractivity contribution >= 4 is 23.0 Å². The van der Waals surface area contributed by atoms with Crippen molar-refractivity contribution < 1.29 is 9.66 Å². The summed E-state index contributed by atoms with van der Waals surface area (Å²) in [6.45, 7) is 4.50. The Hall–Kier alpha value is -1.37. The number of nitrogens with zero attached hydrogens (tertiary/aromatic N) is 2. The molecule has 0 unspecified atom stereocenters. The fourth-order valence-corrected chi connectivity index (χ4v) is 3.71. The molecule has 2 fully saturated rings. The molecule has 6 nitrogen and oxygen atoms in total. The topological polar surface area (TPSA) is 67.6 Å². The summed E-state index contributed by atoms with van der Waals surface area (Å²) in [4.78, 5) is 13.3. The number of nitrogens with one attached hydrogen (secondary N) is 1. The second-order valence-electron chi connectivity index (χ2n) is 6.23. The molecule has 2 atom stereocenters. The molecule has 2 aliphatic rings. The van der Waals surface area contributed by atoms with Gasteiger partial charge in [-0.2, -0.15) is 0 Å². The van der Waals surface area contributed by atoms with Crippen molar-refractivity contribution in [3.8, 4) is 0 Å². The number of rotatable bonds is 6. The SMILES string of the molecule is O=[N+]([O-])c1cc(Cl)ccc1NC[C@@H]([C@H]1CCOC1)N1CCCC1. The lowest BCUT2D eigenvalue weighted by Gasteiger charge is -2.32. The quantitative estimate of drug-likeness (QED) is 0.637. The first kappa shape index (κ1) is 16.5. The minimum atomic E-state index is -0.391. The molecule has 3 rings (SSSR count). The molecule has 0 spiro atoms. The van der Waals surface area contributed by atoms with E-state index < -0.39 is 4.92 Å². The third-order valence-electron chi connectivity index (χ3n) is 4.78. The molecular weight excluding hydrogens is 318 g/mol. The van der Waals surface area contributed by atoms with Crippen LogP contribution in [0.5, 0.6) is 0 Å². The number of anilines is 1. The van der Waals surface area contributed by atoms with Gasteiger partial charge in [0.2, 0.25) is 0 Å². The van der Waals surface area contributed by atoms with Crippen LogP contribution < -0.4 is 5.32 Å². The molecule has 0 saturated carbocycles. The number of likely N-dealkylation sites (tertiary alicyclic amines) is 1. The maximum absolute atomic E-state index is 11.2. The summed E-state index contributed by atoms with van der Waals surface area (Å²) in [5.41, 5.74) is 0.558. The van der Waals surface area contributed by atoms with Crippen LogP contribution in [0.25, 0.3) is 0 Å². The summed E-state index contributed by atoms with van der Waals surface area (Å²) in [5, 5.41) is 14.9. The maximum Gasteiger partial charge on any atom is 0.293 e. The summed E-state index contributed by atoms with van der Waals surface area (Å²) in [6, 6.07) is 5.12. The summed E-state index contributed by atoms with van der Waals surface area (Å²) in [5.74, 6) is 0.493. The van der Waals surface area contributed by atoms with Crippen LogP contribution in [-0.2, 0) is 4.74 Å². The van der Waals surface area contributed by atoms with Crippen molar-refractivity contribution in [3.05, 3.63) is 33.3 Å². The number of nitro benzene ring substituents is 1. The average Bonchev–Trinajstić information content (AvgIpc) is 3.22. The number of benzene rings is 1. The Bertz CT molecular complexity index is 542. The van der Waals surface area contributed by atoms with Crippen LogP contribution in [0, 0.1) is 16.0 Å². The first-order chi connectivity index (χ1) is 11.1. The second kappa shape index (κ2) is 7.47. The predicted molar refractivity (Wildman–Crippen MR) is 90.1 cm³/mol. The monoisotopic (exact) mass is 339 g/mol. The molecule has 2 aliphatic heterocycles. The lowest BCUT2D eigenvalue weighted by molar-refractivity contribution is -0.383. The van der Waals surface area contributed by atoms with Crippen molar-refractivity contribution in [3.63, 3.8) is 0 Å². The van der Waals surface area contributed by atoms with Crippen LogP contribution in [0.3, 0.4) is 0 Å². The largest absolute Gasteiger partial charge is 0.381 e. The number of nitro groups is 1. The van der Waals surface area contributed by atoms with E-state index in [2.05, 4.69) is 10.2 Å². The van der Waals surface area contributed by atoms with Gasteiger partial charge in [-0.15, -0.1) is 0 Å². The van der Waals surface area contributed by atoms with E-state index in [1.165, 1.54) is 18.9 Å². The van der Waals surface area contributed by atoms with Crippen LogP contribution in [0.2, 0.25) is 5.02 Å². The van der Waals surface area contributed by atoms with Gasteiger partial charge in [-0.3, -0.25) is 15.0 Å². The molecule has 1 aromatic carbocycles. The third-order valence-corrected chi connectivity index (χ3v) is 5.01. The third kappa shape index (κ3) is 3.94. The van der Waals surface area contributed by atoms with Crippen LogP contribution >= 0.6 is 11.6 Å². The van der Waals surface area contributed by atoms with Gasteiger partial charge in [0.05, 0.1) is 11.5 Å². The Labute approximate surface area is 140 Å². The Kier molecular flexibility index (Phi) is 5.35. The number of halogens is 1. The molecule has 7 heteroatoms. The highest BCUT2D eigenvalue weighted by Gasteiger charge is 2.32. The fraction of sp³-hybridized carbons (Fsp3) is 0.625. The molecule has 0 aliphatic carbocycles. The van der Waals surface area contributed by atoms with Crippen LogP contribution in [-0.4, -0.2) is 48.7 Å². The minimum Gasteiger partial charge on any atom is -0.381 e. The van der Waals surface area contributed by atoms with Gasteiger partial charge in [0, 0.05) is 36.2 Å². The number of hydrogen-bond acceptors (Lipinski definition) is 5. The van der Waals surface area contributed by atoms with E-state index in [0.717, 1.165) is 32.7 Å². The highest BCUT2D eigenvalue weighted by molar-refractivity contribution is 6.30. The maximum atomic E-state index is 11.2. The Morgan fingerprint density at radius 1 is 1.43 bits per heavy atom. The average molecular weight is 340 g/mol. The summed E-state index contributed by atoms with van der Waals surface area (Å²) in [6.07, 6.45) is 3.52. The van der Waals surface area contributed by atoms with E-state index in [1.54, 1.807) is 12.1 Å². The van der Waals surface area contributed by atoms with Gasteiger partial charge >= 0.3 is 0 Å². The van der Waals surface area contributed by atoms with Crippen molar-refractivity contribution in [2.24, 2.45) is 5.92 Å². The molecule has 0 bridgehead atoms. The molecule has 23 heavy (non-hydrogen) atoms. The lowest BCUT2D eigenvalue weighted by Crippen LogP contribution is -2.44. The zero-order valence-corrected chi connectivity index (χ0v) is 13.8. The van der Waals surface area contributed by atoms with E-state index in [9.17, 15) is 10.1 Å². The first-order valence-corrected chi connectivity index (χ1v) is 8.52. The Balaban J connectivity index is 1.72. The van der Waals surface area contributed by atoms with Gasteiger partial charge < -0.3 is 10.1 Å². The highest BCUT2D eigenvalue weighted by atomic mass is 35.5. The smallest absolute Gasteiger partial charge is 0.293 e. The van der Waals surface area contributed by atoms with Gasteiger partial charge in [0.1, 0.15) is 5.69 Å². The van der Waals surface area contributed by atoms with E-state index >= 15 is 0 Å². The van der Waals surface area contributed by atoms with Gasteiger partial charge in [-0.05, 0) is 44.5 Å². The summed E-state index contributed by atoms with van der Waals surface area (Å²) in [7, 11) is 0. The van der Waals surface area contributed by atoms with E-state index in [-0.39, 0.29) is 5.69 Å². The molecule has 2 heterocycles. The van der Waals surface area contributed by atoms with Gasteiger partial charge in [-0.25, -0.2) is 0 Å². The van der Waals surface area contributed by atoms with Crippen molar-refractivity contribution in [1.82, 2.24) is 4.90 Å². The second-order valence-corrected chi connectivity index (χ2v) is 6.67. The zero-order chi connectivity index (χ0) is 16.2. The van der Waals surface area contributed by atoms with E-state index in [1.807, 2.05) is 0 Å². The minimum absolute atomic E-state index is 0.0281. The van der Waals surface area contributed by atoms with Gasteiger partial charge in [-0.1, -0.05) is 11.6 Å². The highest BCUT2D eigenvalue weighted by Crippen LogP contribution is 2.29. The molecule has 126 valence electrons. The molecule has 1 aromatic rings. The molecule has 1 N–H and O–H groups in total. The van der Waals surface area contributed by atoms with Crippen LogP contribution in [0.1, 0.15) is 19.3 Å². The Morgan fingerprint density at radius 2 is 2.22 bits per heavy atom.